The van der Waals surface area contributed by atoms with E-state index in [0.29, 0.717) is 36.4 Å². The highest BCUT2D eigenvalue weighted by Crippen LogP contribution is 2.27. The standard InChI is InChI=1S/C25H30FN3O5/c1-25(2,3)34-24(31)27-12-16(11-26)15-32-18-7-9-21-17(10-18)4-8-22(28-21)23(30)29-13-19-5-6-20(14-29)33-19/h4,7-11,19-20H,5-6,12-15H2,1-3H3,(H,27,31)/b16-11+. The van der Waals surface area contributed by atoms with Crippen LogP contribution in [0.25, 0.3) is 10.9 Å². The topological polar surface area (TPSA) is 90.0 Å². The van der Waals surface area contributed by atoms with Crippen LogP contribution < -0.4 is 10.1 Å². The van der Waals surface area contributed by atoms with Crippen molar-refractivity contribution < 1.29 is 28.2 Å². The fourth-order valence-corrected chi connectivity index (χ4v) is 4.05. The number of nitrogens with one attached hydrogen (secondary N) is 1. The van der Waals surface area contributed by atoms with Gasteiger partial charge in [-0.1, -0.05) is 6.07 Å². The summed E-state index contributed by atoms with van der Waals surface area (Å²) in [4.78, 5) is 31.0. The molecule has 2 fully saturated rings. The molecule has 4 rings (SSSR count). The third-order valence-electron chi connectivity index (χ3n) is 5.65. The molecule has 2 bridgehead atoms. The lowest BCUT2D eigenvalue weighted by molar-refractivity contribution is -0.0305. The highest BCUT2D eigenvalue weighted by Gasteiger charge is 2.36. The summed E-state index contributed by atoms with van der Waals surface area (Å²) >= 11 is 0. The number of pyridine rings is 1. The van der Waals surface area contributed by atoms with Gasteiger partial charge in [-0.3, -0.25) is 4.79 Å². The van der Waals surface area contributed by atoms with Crippen molar-refractivity contribution in [3.63, 3.8) is 0 Å². The van der Waals surface area contributed by atoms with Crippen LogP contribution in [0.2, 0.25) is 0 Å². The van der Waals surface area contributed by atoms with Crippen molar-refractivity contribution in [1.29, 1.82) is 0 Å². The second-order valence-corrected chi connectivity index (χ2v) is 9.63. The number of alkyl carbamates (subject to hydrolysis) is 1. The summed E-state index contributed by atoms with van der Waals surface area (Å²) in [5, 5.41) is 3.31. The molecule has 0 saturated carbocycles. The van der Waals surface area contributed by atoms with E-state index in [9.17, 15) is 14.0 Å². The minimum absolute atomic E-state index is 0.0325. The predicted octanol–water partition coefficient (Wildman–Crippen LogP) is 4.00. The number of fused-ring (bicyclic) bond motifs is 3. The molecule has 0 radical (unpaired) electrons. The molecule has 2 unspecified atom stereocenters. The number of amides is 2. The lowest BCUT2D eigenvalue weighted by Gasteiger charge is -2.31. The quantitative estimate of drug-likeness (QED) is 0.685. The Hall–Kier alpha value is -3.20. The zero-order chi connectivity index (χ0) is 24.3. The van der Waals surface area contributed by atoms with Crippen LogP contribution in [-0.2, 0) is 9.47 Å². The first kappa shape index (κ1) is 23.9. The maximum Gasteiger partial charge on any atom is 0.407 e. The average Bonchev–Trinajstić information content (AvgIpc) is 3.14. The Balaban J connectivity index is 1.34. The summed E-state index contributed by atoms with van der Waals surface area (Å²) < 4.78 is 29.9. The average molecular weight is 472 g/mol. The van der Waals surface area contributed by atoms with Crippen LogP contribution >= 0.6 is 0 Å². The number of carbonyl (C=O) groups excluding carboxylic acids is 2. The molecule has 182 valence electrons. The third-order valence-corrected chi connectivity index (χ3v) is 5.65. The molecule has 0 spiro atoms. The monoisotopic (exact) mass is 471 g/mol. The first-order valence-electron chi connectivity index (χ1n) is 11.4. The first-order chi connectivity index (χ1) is 16.2. The summed E-state index contributed by atoms with van der Waals surface area (Å²) in [5.74, 6) is 0.437. The molecule has 3 heterocycles. The van der Waals surface area contributed by atoms with Crippen molar-refractivity contribution >= 4 is 22.9 Å². The molecule has 2 amide bonds. The Bertz CT molecular complexity index is 1090. The fraction of sp³-hybridized carbons (Fsp3) is 0.480. The van der Waals surface area contributed by atoms with Gasteiger partial charge in [-0.15, -0.1) is 0 Å². The Kier molecular flexibility index (Phi) is 7.02. The van der Waals surface area contributed by atoms with Crippen LogP contribution in [0.1, 0.15) is 44.1 Å². The molecule has 2 aromatic rings. The number of aromatic nitrogens is 1. The maximum absolute atomic E-state index is 13.2. The summed E-state index contributed by atoms with van der Waals surface area (Å²) in [6, 6.07) is 8.80. The molecule has 1 aromatic heterocycles. The van der Waals surface area contributed by atoms with Gasteiger partial charge in [0.1, 0.15) is 23.7 Å². The van der Waals surface area contributed by atoms with E-state index in [-0.39, 0.29) is 36.8 Å². The lowest BCUT2D eigenvalue weighted by Crippen LogP contribution is -2.46. The molecule has 34 heavy (non-hydrogen) atoms. The number of hydrogen-bond donors (Lipinski definition) is 1. The van der Waals surface area contributed by atoms with Gasteiger partial charge in [0.05, 0.1) is 24.1 Å². The highest BCUT2D eigenvalue weighted by atomic mass is 19.1. The van der Waals surface area contributed by atoms with E-state index in [4.69, 9.17) is 14.2 Å². The van der Waals surface area contributed by atoms with Gasteiger partial charge in [0.15, 0.2) is 0 Å². The van der Waals surface area contributed by atoms with Crippen LogP contribution in [-0.4, -0.2) is 65.9 Å². The van der Waals surface area contributed by atoms with E-state index < -0.39 is 11.7 Å². The normalized spacial score (nSPS) is 20.4. The molecule has 0 aliphatic carbocycles. The minimum atomic E-state index is -0.633. The fourth-order valence-electron chi connectivity index (χ4n) is 4.05. The van der Waals surface area contributed by atoms with E-state index in [2.05, 4.69) is 10.3 Å². The smallest absolute Gasteiger partial charge is 0.407 e. The Morgan fingerprint density at radius 2 is 1.94 bits per heavy atom. The summed E-state index contributed by atoms with van der Waals surface area (Å²) in [6.07, 6.45) is 2.04. The number of hydrogen-bond acceptors (Lipinski definition) is 6. The van der Waals surface area contributed by atoms with Gasteiger partial charge in [0, 0.05) is 30.6 Å². The van der Waals surface area contributed by atoms with Gasteiger partial charge in [-0.05, 0) is 57.9 Å². The molecule has 1 N–H and O–H groups in total. The Morgan fingerprint density at radius 1 is 1.21 bits per heavy atom. The predicted molar refractivity (Wildman–Crippen MR) is 124 cm³/mol. The van der Waals surface area contributed by atoms with E-state index in [0.717, 1.165) is 18.2 Å². The van der Waals surface area contributed by atoms with Crippen LogP contribution in [0.5, 0.6) is 5.75 Å². The van der Waals surface area contributed by atoms with Gasteiger partial charge in [-0.2, -0.15) is 0 Å². The molecule has 2 aliphatic heterocycles. The van der Waals surface area contributed by atoms with Crippen molar-refractivity contribution in [2.45, 2.75) is 51.4 Å². The summed E-state index contributed by atoms with van der Waals surface area (Å²) in [7, 11) is 0. The van der Waals surface area contributed by atoms with E-state index in [1.54, 1.807) is 45.0 Å². The number of ether oxygens (including phenoxy) is 3. The van der Waals surface area contributed by atoms with Crippen LogP contribution in [0.4, 0.5) is 9.18 Å². The highest BCUT2D eigenvalue weighted by molar-refractivity contribution is 5.95. The van der Waals surface area contributed by atoms with Gasteiger partial charge in [0.25, 0.3) is 5.91 Å². The van der Waals surface area contributed by atoms with E-state index in [1.165, 1.54) is 0 Å². The van der Waals surface area contributed by atoms with Crippen LogP contribution in [0.3, 0.4) is 0 Å². The first-order valence-corrected chi connectivity index (χ1v) is 11.4. The van der Waals surface area contributed by atoms with Gasteiger partial charge in [0.2, 0.25) is 0 Å². The molecule has 2 aliphatic rings. The van der Waals surface area contributed by atoms with Gasteiger partial charge < -0.3 is 24.4 Å². The number of carbonyl (C=O) groups is 2. The number of morpholine rings is 1. The summed E-state index contributed by atoms with van der Waals surface area (Å²) in [6.45, 7) is 6.39. The van der Waals surface area contributed by atoms with Crippen molar-refractivity contribution in [2.75, 3.05) is 26.2 Å². The van der Waals surface area contributed by atoms with Crippen molar-refractivity contribution in [1.82, 2.24) is 15.2 Å². The molecular formula is C25H30FN3O5. The van der Waals surface area contributed by atoms with Crippen LogP contribution in [0.15, 0.2) is 42.2 Å². The zero-order valence-electron chi connectivity index (χ0n) is 19.7. The van der Waals surface area contributed by atoms with E-state index >= 15 is 0 Å². The minimum Gasteiger partial charge on any atom is -0.489 e. The molecule has 2 saturated heterocycles. The second-order valence-electron chi connectivity index (χ2n) is 9.63. The Morgan fingerprint density at radius 3 is 2.62 bits per heavy atom. The molecule has 2 atom stereocenters. The Labute approximate surface area is 198 Å². The second kappa shape index (κ2) is 9.97. The van der Waals surface area contributed by atoms with E-state index in [1.807, 2.05) is 11.0 Å². The number of likely N-dealkylation sites (tertiary alicyclic amines) is 1. The maximum atomic E-state index is 13.2. The third kappa shape index (κ3) is 6.02. The lowest BCUT2D eigenvalue weighted by atomic mass is 10.1. The zero-order valence-corrected chi connectivity index (χ0v) is 19.7. The molecule has 1 aromatic carbocycles. The van der Waals surface area contributed by atoms with Crippen molar-refractivity contribution in [3.05, 3.63) is 47.9 Å². The molecular weight excluding hydrogens is 441 g/mol. The van der Waals surface area contributed by atoms with Crippen molar-refractivity contribution in [2.24, 2.45) is 0 Å². The van der Waals surface area contributed by atoms with Crippen LogP contribution in [0, 0.1) is 0 Å². The SMILES string of the molecule is CC(C)(C)OC(=O)NC/C(=C\F)COc1ccc2nc(C(=O)N3CC4CCC(C3)O4)ccc2c1. The van der Waals surface area contributed by atoms with Gasteiger partial charge in [-0.25, -0.2) is 14.2 Å². The van der Waals surface area contributed by atoms with Gasteiger partial charge >= 0.3 is 6.09 Å². The number of halogens is 1. The number of nitrogens with zero attached hydrogens (tertiary/aromatic N) is 2. The van der Waals surface area contributed by atoms with Crippen molar-refractivity contribution in [3.8, 4) is 5.75 Å². The molecule has 8 nitrogen and oxygen atoms in total. The molecule has 9 heteroatoms. The largest absolute Gasteiger partial charge is 0.489 e. The number of benzene rings is 1. The number of rotatable bonds is 6. The summed E-state index contributed by atoms with van der Waals surface area (Å²) in [5.41, 5.74) is 0.691.